The number of hydrogen-bond acceptors (Lipinski definition) is 4. The van der Waals surface area contributed by atoms with Gasteiger partial charge in [-0.25, -0.2) is 4.98 Å². The molecule has 1 aromatic heterocycles. The van der Waals surface area contributed by atoms with Gasteiger partial charge in [0.05, 0.1) is 5.56 Å². The van der Waals surface area contributed by atoms with Gasteiger partial charge in [0.1, 0.15) is 5.82 Å². The van der Waals surface area contributed by atoms with E-state index in [0.29, 0.717) is 21.7 Å². The number of rotatable bonds is 5. The minimum Gasteiger partial charge on any atom is -0.367 e. The van der Waals surface area contributed by atoms with Crippen molar-refractivity contribution in [3.63, 3.8) is 0 Å². The molecular formula is C20H24Cl2N4O. The Kier molecular flexibility index (Phi) is 6.58. The van der Waals surface area contributed by atoms with E-state index in [1.165, 1.54) is 0 Å². The molecule has 2 aromatic rings. The summed E-state index contributed by atoms with van der Waals surface area (Å²) in [4.78, 5) is 20.3. The summed E-state index contributed by atoms with van der Waals surface area (Å²) in [5.41, 5.74) is 1.74. The molecule has 0 spiro atoms. The average molecular weight is 407 g/mol. The highest BCUT2D eigenvalue weighted by atomic mass is 35.5. The van der Waals surface area contributed by atoms with E-state index >= 15 is 0 Å². The van der Waals surface area contributed by atoms with Crippen LogP contribution >= 0.6 is 23.2 Å². The third-order valence-corrected chi connectivity index (χ3v) is 5.12. The molecule has 2 heterocycles. The molecule has 0 saturated carbocycles. The van der Waals surface area contributed by atoms with E-state index in [0.717, 1.165) is 43.9 Å². The van der Waals surface area contributed by atoms with Crippen LogP contribution in [0.1, 0.15) is 28.8 Å². The Hall–Kier alpha value is -1.82. The summed E-state index contributed by atoms with van der Waals surface area (Å²) in [6.45, 7) is 2.85. The van der Waals surface area contributed by atoms with Crippen LogP contribution in [0.4, 0.5) is 5.82 Å². The number of nitrogens with one attached hydrogen (secondary N) is 1. The second-order valence-electron chi connectivity index (χ2n) is 7.10. The molecule has 1 saturated heterocycles. The van der Waals surface area contributed by atoms with Crippen LogP contribution in [-0.4, -0.2) is 53.9 Å². The highest BCUT2D eigenvalue weighted by Gasteiger charge is 2.20. The molecule has 0 bridgehead atoms. The molecule has 0 atom stereocenters. The molecule has 1 aromatic carbocycles. The van der Waals surface area contributed by atoms with Gasteiger partial charge in [0.25, 0.3) is 5.91 Å². The van der Waals surface area contributed by atoms with Crippen molar-refractivity contribution in [2.75, 3.05) is 32.5 Å². The zero-order chi connectivity index (χ0) is 19.4. The van der Waals surface area contributed by atoms with Gasteiger partial charge in [-0.2, -0.15) is 0 Å². The molecule has 0 unspecified atom stereocenters. The topological polar surface area (TPSA) is 48.5 Å². The third-order valence-electron chi connectivity index (χ3n) is 4.68. The van der Waals surface area contributed by atoms with E-state index < -0.39 is 0 Å². The van der Waals surface area contributed by atoms with Crippen LogP contribution in [0.25, 0.3) is 0 Å². The second kappa shape index (κ2) is 8.91. The summed E-state index contributed by atoms with van der Waals surface area (Å²) in [6.07, 6.45) is 3.70. The quantitative estimate of drug-likeness (QED) is 0.809. The Morgan fingerprint density at radius 3 is 2.41 bits per heavy atom. The molecule has 1 N–H and O–H groups in total. The molecule has 5 nitrogen and oxygen atoms in total. The van der Waals surface area contributed by atoms with Gasteiger partial charge < -0.3 is 10.2 Å². The number of nitrogens with zero attached hydrogens (tertiary/aromatic N) is 3. The van der Waals surface area contributed by atoms with Crippen molar-refractivity contribution >= 4 is 34.9 Å². The molecule has 7 heteroatoms. The summed E-state index contributed by atoms with van der Waals surface area (Å²) in [6, 6.07) is 9.77. The zero-order valence-corrected chi connectivity index (χ0v) is 17.1. The second-order valence-corrected chi connectivity index (χ2v) is 7.98. The van der Waals surface area contributed by atoms with Gasteiger partial charge in [0.2, 0.25) is 0 Å². The number of likely N-dealkylation sites (tertiary alicyclic amines) is 1. The normalized spacial score (nSPS) is 15.6. The summed E-state index contributed by atoms with van der Waals surface area (Å²) in [7, 11) is 3.47. The van der Waals surface area contributed by atoms with Crippen molar-refractivity contribution in [3.05, 3.63) is 57.7 Å². The van der Waals surface area contributed by atoms with E-state index in [1.807, 2.05) is 24.3 Å². The highest BCUT2D eigenvalue weighted by molar-refractivity contribution is 6.34. The lowest BCUT2D eigenvalue weighted by molar-refractivity contribution is 0.0827. The highest BCUT2D eigenvalue weighted by Crippen LogP contribution is 2.22. The molecule has 1 fully saturated rings. The van der Waals surface area contributed by atoms with Gasteiger partial charge in [-0.15, -0.1) is 0 Å². The van der Waals surface area contributed by atoms with Crippen molar-refractivity contribution in [2.45, 2.75) is 25.4 Å². The first-order chi connectivity index (χ1) is 12.9. The average Bonchev–Trinajstić information content (AvgIpc) is 2.62. The summed E-state index contributed by atoms with van der Waals surface area (Å²) in [5.74, 6) is 0.772. The first-order valence-electron chi connectivity index (χ1n) is 9.02. The van der Waals surface area contributed by atoms with Gasteiger partial charge in [-0.3, -0.25) is 9.69 Å². The van der Waals surface area contributed by atoms with Crippen molar-refractivity contribution < 1.29 is 4.79 Å². The SMILES string of the molecule is CN(C)C(=O)c1ccc(NC2CCN(Cc3cc(Cl)cc(Cl)c3)CC2)nc1. The predicted octanol–water partition coefficient (Wildman–Crippen LogP) is 4.17. The van der Waals surface area contributed by atoms with Gasteiger partial charge in [-0.05, 0) is 48.7 Å². The largest absolute Gasteiger partial charge is 0.367 e. The van der Waals surface area contributed by atoms with Gasteiger partial charge >= 0.3 is 0 Å². The lowest BCUT2D eigenvalue weighted by atomic mass is 10.0. The van der Waals surface area contributed by atoms with E-state index in [1.54, 1.807) is 31.3 Å². The molecule has 0 aliphatic carbocycles. The molecular weight excluding hydrogens is 383 g/mol. The lowest BCUT2D eigenvalue weighted by Crippen LogP contribution is -2.38. The van der Waals surface area contributed by atoms with Crippen LogP contribution in [-0.2, 0) is 6.54 Å². The molecule has 144 valence electrons. The number of halogens is 2. The fourth-order valence-electron chi connectivity index (χ4n) is 3.27. The summed E-state index contributed by atoms with van der Waals surface area (Å²) in [5, 5.41) is 4.83. The number of aromatic nitrogens is 1. The Bertz CT molecular complexity index is 767. The predicted molar refractivity (Wildman–Crippen MR) is 111 cm³/mol. The zero-order valence-electron chi connectivity index (χ0n) is 15.6. The summed E-state index contributed by atoms with van der Waals surface area (Å²) < 4.78 is 0. The lowest BCUT2D eigenvalue weighted by Gasteiger charge is -2.32. The standard InChI is InChI=1S/C20H24Cl2N4O/c1-25(2)20(27)15-3-4-19(23-12-15)24-18-5-7-26(8-6-18)13-14-9-16(21)11-17(22)10-14/h3-4,9-12,18H,5-8,13H2,1-2H3,(H,23,24). The maximum absolute atomic E-state index is 11.9. The number of pyridine rings is 1. The fourth-order valence-corrected chi connectivity index (χ4v) is 3.84. The fraction of sp³-hybridized carbons (Fsp3) is 0.400. The van der Waals surface area contributed by atoms with Crippen LogP contribution in [0.15, 0.2) is 36.5 Å². The minimum absolute atomic E-state index is 0.0384. The van der Waals surface area contributed by atoms with Gasteiger partial charge in [0, 0.05) is 56.0 Å². The van der Waals surface area contributed by atoms with Crippen molar-refractivity contribution in [1.82, 2.24) is 14.8 Å². The Morgan fingerprint density at radius 1 is 1.19 bits per heavy atom. The maximum atomic E-state index is 11.9. The summed E-state index contributed by atoms with van der Waals surface area (Å²) >= 11 is 12.2. The van der Waals surface area contributed by atoms with E-state index in [4.69, 9.17) is 23.2 Å². The van der Waals surface area contributed by atoms with Crippen LogP contribution in [0.3, 0.4) is 0 Å². The van der Waals surface area contributed by atoms with Crippen LogP contribution < -0.4 is 5.32 Å². The van der Waals surface area contributed by atoms with E-state index in [2.05, 4.69) is 15.2 Å². The Balaban J connectivity index is 1.50. The third kappa shape index (κ3) is 5.58. The first-order valence-corrected chi connectivity index (χ1v) is 9.78. The number of amides is 1. The van der Waals surface area contributed by atoms with Crippen LogP contribution in [0, 0.1) is 0 Å². The van der Waals surface area contributed by atoms with Crippen LogP contribution in [0.2, 0.25) is 10.0 Å². The van der Waals surface area contributed by atoms with E-state index in [-0.39, 0.29) is 5.91 Å². The number of carbonyl (C=O) groups excluding carboxylic acids is 1. The number of piperidine rings is 1. The molecule has 0 radical (unpaired) electrons. The molecule has 1 aliphatic heterocycles. The van der Waals surface area contributed by atoms with Gasteiger partial charge in [-0.1, -0.05) is 23.2 Å². The number of carbonyl (C=O) groups is 1. The van der Waals surface area contributed by atoms with Crippen molar-refractivity contribution in [1.29, 1.82) is 0 Å². The number of hydrogen-bond donors (Lipinski definition) is 1. The van der Waals surface area contributed by atoms with E-state index in [9.17, 15) is 4.79 Å². The number of anilines is 1. The van der Waals surface area contributed by atoms with Gasteiger partial charge in [0.15, 0.2) is 0 Å². The molecule has 27 heavy (non-hydrogen) atoms. The maximum Gasteiger partial charge on any atom is 0.254 e. The monoisotopic (exact) mass is 406 g/mol. The van der Waals surface area contributed by atoms with Crippen LogP contribution in [0.5, 0.6) is 0 Å². The minimum atomic E-state index is -0.0384. The van der Waals surface area contributed by atoms with Crippen molar-refractivity contribution in [2.24, 2.45) is 0 Å². The molecule has 1 amide bonds. The van der Waals surface area contributed by atoms with Crippen molar-refractivity contribution in [3.8, 4) is 0 Å². The Labute approximate surface area is 170 Å². The number of benzene rings is 1. The Morgan fingerprint density at radius 2 is 1.85 bits per heavy atom. The molecule has 3 rings (SSSR count). The molecule has 1 aliphatic rings. The first kappa shape index (κ1) is 19.9. The smallest absolute Gasteiger partial charge is 0.254 e.